The van der Waals surface area contributed by atoms with Crippen molar-refractivity contribution in [2.45, 2.75) is 49.0 Å². The van der Waals surface area contributed by atoms with E-state index in [0.717, 1.165) is 21.7 Å². The molecule has 0 aromatic heterocycles. The van der Waals surface area contributed by atoms with Crippen molar-refractivity contribution in [2.75, 3.05) is 0 Å². The third kappa shape index (κ3) is 2.04. The first-order valence-corrected chi connectivity index (χ1v) is 6.85. The van der Waals surface area contributed by atoms with Crippen molar-refractivity contribution >= 4 is 22.6 Å². The highest BCUT2D eigenvalue weighted by molar-refractivity contribution is 14.1. The minimum atomic E-state index is 0.513. The Hall–Kier alpha value is 0.690. The zero-order valence-electron chi connectivity index (χ0n) is 8.38. The lowest BCUT2D eigenvalue weighted by Crippen LogP contribution is -2.47. The molecule has 2 aliphatic carbocycles. The van der Waals surface area contributed by atoms with Crippen LogP contribution in [0.5, 0.6) is 0 Å². The first-order valence-electron chi connectivity index (χ1n) is 5.60. The SMILES string of the molecule is CCC1CC2CC(C[C@H](I)C2)[C@H]1N. The predicted molar refractivity (Wildman–Crippen MR) is 65.0 cm³/mol. The van der Waals surface area contributed by atoms with Crippen LogP contribution in [-0.4, -0.2) is 9.97 Å². The van der Waals surface area contributed by atoms with Crippen molar-refractivity contribution in [1.82, 2.24) is 0 Å². The second-order valence-corrected chi connectivity index (χ2v) is 6.67. The molecule has 0 saturated heterocycles. The number of hydrogen-bond donors (Lipinski definition) is 1. The monoisotopic (exact) mass is 293 g/mol. The summed E-state index contributed by atoms with van der Waals surface area (Å²) in [6, 6.07) is 0.513. The van der Waals surface area contributed by atoms with Crippen molar-refractivity contribution in [3.05, 3.63) is 0 Å². The van der Waals surface area contributed by atoms with Crippen LogP contribution in [0.2, 0.25) is 0 Å². The zero-order valence-corrected chi connectivity index (χ0v) is 10.5. The van der Waals surface area contributed by atoms with Crippen molar-refractivity contribution in [3.8, 4) is 0 Å². The maximum absolute atomic E-state index is 6.30. The van der Waals surface area contributed by atoms with Crippen LogP contribution < -0.4 is 5.73 Å². The molecule has 1 nitrogen and oxygen atoms in total. The molecule has 0 amide bonds. The Balaban J connectivity index is 2.05. The van der Waals surface area contributed by atoms with Gasteiger partial charge in [-0.25, -0.2) is 0 Å². The summed E-state index contributed by atoms with van der Waals surface area (Å²) in [6.07, 6.45) is 6.97. The molecule has 2 heteroatoms. The number of alkyl halides is 1. The van der Waals surface area contributed by atoms with Gasteiger partial charge in [-0.05, 0) is 43.4 Å². The van der Waals surface area contributed by atoms with E-state index < -0.39 is 0 Å². The fourth-order valence-electron chi connectivity index (χ4n) is 3.32. The zero-order chi connectivity index (χ0) is 9.42. The van der Waals surface area contributed by atoms with Gasteiger partial charge in [0.2, 0.25) is 0 Å². The molecular weight excluding hydrogens is 273 g/mol. The van der Waals surface area contributed by atoms with Crippen LogP contribution in [0.4, 0.5) is 0 Å². The molecule has 2 rings (SSSR count). The highest BCUT2D eigenvalue weighted by Crippen LogP contribution is 2.44. The Labute approximate surface area is 95.0 Å². The summed E-state index contributed by atoms with van der Waals surface area (Å²) in [5.74, 6) is 2.68. The topological polar surface area (TPSA) is 26.0 Å². The highest BCUT2D eigenvalue weighted by Gasteiger charge is 2.39. The molecule has 0 aromatic carbocycles. The maximum atomic E-state index is 6.30. The normalized spacial score (nSPS) is 50.5. The average molecular weight is 293 g/mol. The van der Waals surface area contributed by atoms with Gasteiger partial charge in [-0.3, -0.25) is 0 Å². The van der Waals surface area contributed by atoms with E-state index >= 15 is 0 Å². The van der Waals surface area contributed by atoms with E-state index in [4.69, 9.17) is 5.73 Å². The second kappa shape index (κ2) is 4.05. The summed E-state index contributed by atoms with van der Waals surface area (Å²) in [5.41, 5.74) is 6.30. The lowest BCUT2D eigenvalue weighted by molar-refractivity contribution is 0.114. The Kier molecular flexibility index (Phi) is 3.18. The lowest BCUT2D eigenvalue weighted by Gasteiger charge is -2.45. The quantitative estimate of drug-likeness (QED) is 0.584. The minimum absolute atomic E-state index is 0.513. The summed E-state index contributed by atoms with van der Waals surface area (Å²) in [4.78, 5) is 0. The molecule has 76 valence electrons. The van der Waals surface area contributed by atoms with Crippen LogP contribution in [0.3, 0.4) is 0 Å². The molecule has 0 spiro atoms. The summed E-state index contributed by atoms with van der Waals surface area (Å²) < 4.78 is 0.908. The van der Waals surface area contributed by atoms with Crippen LogP contribution in [-0.2, 0) is 0 Å². The van der Waals surface area contributed by atoms with Crippen LogP contribution in [0, 0.1) is 17.8 Å². The van der Waals surface area contributed by atoms with Crippen molar-refractivity contribution in [2.24, 2.45) is 23.5 Å². The fourth-order valence-corrected chi connectivity index (χ4v) is 4.70. The molecule has 13 heavy (non-hydrogen) atoms. The predicted octanol–water partition coefficient (Wildman–Crippen LogP) is 2.96. The molecule has 0 aliphatic heterocycles. The molecule has 2 saturated carbocycles. The van der Waals surface area contributed by atoms with E-state index in [1.165, 1.54) is 32.1 Å². The molecule has 2 aliphatic rings. The van der Waals surface area contributed by atoms with E-state index in [0.29, 0.717) is 6.04 Å². The van der Waals surface area contributed by atoms with E-state index in [1.54, 1.807) is 0 Å². The van der Waals surface area contributed by atoms with Gasteiger partial charge in [-0.2, -0.15) is 0 Å². The van der Waals surface area contributed by atoms with Crippen LogP contribution in [0.15, 0.2) is 0 Å². The first kappa shape index (κ1) is 10.2. The molecule has 3 unspecified atom stereocenters. The minimum Gasteiger partial charge on any atom is -0.327 e. The second-order valence-electron chi connectivity index (χ2n) is 4.91. The lowest BCUT2D eigenvalue weighted by atomic mass is 9.65. The van der Waals surface area contributed by atoms with Crippen molar-refractivity contribution in [1.29, 1.82) is 0 Å². The summed E-state index contributed by atoms with van der Waals surface area (Å²) in [6.45, 7) is 2.30. The van der Waals surface area contributed by atoms with Gasteiger partial charge in [0, 0.05) is 9.97 Å². The highest BCUT2D eigenvalue weighted by atomic mass is 127. The maximum Gasteiger partial charge on any atom is 0.0115 e. The Morgan fingerprint density at radius 3 is 2.69 bits per heavy atom. The van der Waals surface area contributed by atoms with Gasteiger partial charge in [0.1, 0.15) is 0 Å². The fraction of sp³-hybridized carbons (Fsp3) is 1.00. The van der Waals surface area contributed by atoms with Gasteiger partial charge >= 0.3 is 0 Å². The molecule has 0 aromatic rings. The van der Waals surface area contributed by atoms with Gasteiger partial charge in [0.25, 0.3) is 0 Å². The van der Waals surface area contributed by atoms with Gasteiger partial charge in [-0.15, -0.1) is 0 Å². The van der Waals surface area contributed by atoms with Gasteiger partial charge in [0.15, 0.2) is 0 Å². The summed E-state index contributed by atoms with van der Waals surface area (Å²) >= 11 is 2.62. The first-order chi connectivity index (χ1) is 6.20. The summed E-state index contributed by atoms with van der Waals surface area (Å²) in [7, 11) is 0. The molecule has 2 N–H and O–H groups in total. The third-order valence-electron chi connectivity index (χ3n) is 4.03. The smallest absolute Gasteiger partial charge is 0.0115 e. The van der Waals surface area contributed by atoms with Crippen LogP contribution >= 0.6 is 22.6 Å². The number of nitrogens with two attached hydrogens (primary N) is 1. The summed E-state index contributed by atoms with van der Waals surface area (Å²) in [5, 5.41) is 0. The average Bonchev–Trinajstić information content (AvgIpc) is 2.10. The van der Waals surface area contributed by atoms with E-state index in [1.807, 2.05) is 0 Å². The third-order valence-corrected chi connectivity index (χ3v) is 5.05. The van der Waals surface area contributed by atoms with E-state index in [9.17, 15) is 0 Å². The van der Waals surface area contributed by atoms with E-state index in [2.05, 4.69) is 29.5 Å². The van der Waals surface area contributed by atoms with Gasteiger partial charge in [-0.1, -0.05) is 35.9 Å². The molecule has 0 heterocycles. The Morgan fingerprint density at radius 1 is 1.23 bits per heavy atom. The molecule has 0 radical (unpaired) electrons. The number of halogens is 1. The van der Waals surface area contributed by atoms with Crippen molar-refractivity contribution in [3.63, 3.8) is 0 Å². The molecule has 2 fully saturated rings. The number of hydrogen-bond acceptors (Lipinski definition) is 1. The Bertz CT molecular complexity index is 181. The standard InChI is InChI=1S/C11H20IN/c1-2-8-3-7-4-9(11(8)13)6-10(12)5-7/h7-11H,2-6,13H2,1H3/t7?,8?,9?,10-,11+/m1/s1. The van der Waals surface area contributed by atoms with Crippen LogP contribution in [0.25, 0.3) is 0 Å². The molecular formula is C11H20IN. The molecule has 5 atom stereocenters. The van der Waals surface area contributed by atoms with Crippen molar-refractivity contribution < 1.29 is 0 Å². The van der Waals surface area contributed by atoms with Gasteiger partial charge in [0.05, 0.1) is 0 Å². The Morgan fingerprint density at radius 2 is 2.00 bits per heavy atom. The van der Waals surface area contributed by atoms with Crippen LogP contribution in [0.1, 0.15) is 39.0 Å². The van der Waals surface area contributed by atoms with E-state index in [-0.39, 0.29) is 0 Å². The number of rotatable bonds is 1. The van der Waals surface area contributed by atoms with Gasteiger partial charge < -0.3 is 5.73 Å². The number of fused-ring (bicyclic) bond motifs is 2. The largest absolute Gasteiger partial charge is 0.327 e. The molecule has 2 bridgehead atoms.